The van der Waals surface area contributed by atoms with E-state index in [-0.39, 0.29) is 0 Å². The summed E-state index contributed by atoms with van der Waals surface area (Å²) in [5.41, 5.74) is 7.80. The lowest BCUT2D eigenvalue weighted by molar-refractivity contribution is 0.577. The molecule has 5 heteroatoms. The molecular formula is C12H18N2O2S. The average molecular weight is 254 g/mol. The van der Waals surface area contributed by atoms with Crippen LogP contribution < -0.4 is 10.5 Å². The van der Waals surface area contributed by atoms with Crippen molar-refractivity contribution >= 4 is 15.7 Å². The molecule has 1 aliphatic rings. The van der Waals surface area contributed by atoms with E-state index in [0.29, 0.717) is 28.6 Å². The summed E-state index contributed by atoms with van der Waals surface area (Å²) in [6.07, 6.45) is 2.24. The van der Waals surface area contributed by atoms with Gasteiger partial charge >= 0.3 is 0 Å². The zero-order chi connectivity index (χ0) is 12.6. The van der Waals surface area contributed by atoms with Gasteiger partial charge in [0, 0.05) is 12.2 Å². The van der Waals surface area contributed by atoms with Crippen LogP contribution in [0.15, 0.2) is 17.0 Å². The van der Waals surface area contributed by atoms with E-state index < -0.39 is 10.0 Å². The lowest BCUT2D eigenvalue weighted by Gasteiger charge is -2.11. The highest BCUT2D eigenvalue weighted by Gasteiger charge is 2.25. The van der Waals surface area contributed by atoms with E-state index in [9.17, 15) is 8.42 Å². The van der Waals surface area contributed by atoms with Crippen molar-refractivity contribution < 1.29 is 8.42 Å². The maximum absolute atomic E-state index is 12.1. The molecular weight excluding hydrogens is 236 g/mol. The molecule has 94 valence electrons. The van der Waals surface area contributed by atoms with Crippen LogP contribution >= 0.6 is 0 Å². The molecule has 0 bridgehead atoms. The van der Waals surface area contributed by atoms with Gasteiger partial charge < -0.3 is 5.73 Å². The van der Waals surface area contributed by atoms with Gasteiger partial charge in [-0.15, -0.1) is 0 Å². The standard InChI is InChI=1S/C12H18N2O2S/c1-8-5-11(13)9(2)12(6-8)17(15,16)14-7-10-3-4-10/h5-6,10,14H,3-4,7,13H2,1-2H3. The number of hydrogen-bond acceptors (Lipinski definition) is 3. The summed E-state index contributed by atoms with van der Waals surface area (Å²) >= 11 is 0. The molecule has 3 N–H and O–H groups in total. The number of sulfonamides is 1. The van der Waals surface area contributed by atoms with Crippen molar-refractivity contribution in [3.8, 4) is 0 Å². The number of aryl methyl sites for hydroxylation is 1. The summed E-state index contributed by atoms with van der Waals surface area (Å²) in [4.78, 5) is 0.302. The van der Waals surface area contributed by atoms with Crippen molar-refractivity contribution in [2.24, 2.45) is 5.92 Å². The highest BCUT2D eigenvalue weighted by Crippen LogP contribution is 2.29. The average Bonchev–Trinajstić information content (AvgIpc) is 3.04. The van der Waals surface area contributed by atoms with E-state index in [4.69, 9.17) is 5.73 Å². The van der Waals surface area contributed by atoms with Crippen LogP contribution in [0.3, 0.4) is 0 Å². The van der Waals surface area contributed by atoms with Crippen LogP contribution in [0.25, 0.3) is 0 Å². The van der Waals surface area contributed by atoms with Crippen LogP contribution in [-0.4, -0.2) is 15.0 Å². The lowest BCUT2D eigenvalue weighted by Crippen LogP contribution is -2.26. The topological polar surface area (TPSA) is 72.2 Å². The van der Waals surface area contributed by atoms with Crippen molar-refractivity contribution in [2.75, 3.05) is 12.3 Å². The second kappa shape index (κ2) is 4.31. The van der Waals surface area contributed by atoms with Crippen LogP contribution in [0.1, 0.15) is 24.0 Å². The summed E-state index contributed by atoms with van der Waals surface area (Å²) in [6.45, 7) is 4.12. The van der Waals surface area contributed by atoms with Crippen molar-refractivity contribution in [3.05, 3.63) is 23.3 Å². The van der Waals surface area contributed by atoms with Crippen molar-refractivity contribution in [2.45, 2.75) is 31.6 Å². The minimum Gasteiger partial charge on any atom is -0.398 e. The molecule has 17 heavy (non-hydrogen) atoms. The van der Waals surface area contributed by atoms with Crippen LogP contribution in [0.4, 0.5) is 5.69 Å². The molecule has 1 saturated carbocycles. The van der Waals surface area contributed by atoms with Crippen molar-refractivity contribution in [1.82, 2.24) is 4.72 Å². The van der Waals surface area contributed by atoms with Crippen LogP contribution in [0.2, 0.25) is 0 Å². The van der Waals surface area contributed by atoms with Gasteiger partial charge in [0.25, 0.3) is 0 Å². The van der Waals surface area contributed by atoms with E-state index in [2.05, 4.69) is 4.72 Å². The van der Waals surface area contributed by atoms with Gasteiger partial charge in [0.05, 0.1) is 4.90 Å². The van der Waals surface area contributed by atoms with Gasteiger partial charge in [0.2, 0.25) is 10.0 Å². The second-order valence-corrected chi connectivity index (χ2v) is 6.51. The predicted octanol–water partition coefficient (Wildman–Crippen LogP) is 1.57. The van der Waals surface area contributed by atoms with Gasteiger partial charge in [-0.3, -0.25) is 0 Å². The van der Waals surface area contributed by atoms with E-state index in [1.807, 2.05) is 6.92 Å². The van der Waals surface area contributed by atoms with E-state index in [1.54, 1.807) is 19.1 Å². The molecule has 0 spiro atoms. The summed E-state index contributed by atoms with van der Waals surface area (Å²) in [5.74, 6) is 0.521. The van der Waals surface area contributed by atoms with Gasteiger partial charge in [0.15, 0.2) is 0 Å². The maximum Gasteiger partial charge on any atom is 0.240 e. The first kappa shape index (κ1) is 12.4. The number of rotatable bonds is 4. The molecule has 0 saturated heterocycles. The monoisotopic (exact) mass is 254 g/mol. The number of hydrogen-bond donors (Lipinski definition) is 2. The highest BCUT2D eigenvalue weighted by atomic mass is 32.2. The fourth-order valence-electron chi connectivity index (χ4n) is 1.76. The Bertz CT molecular complexity index is 534. The molecule has 0 unspecified atom stereocenters. The molecule has 2 rings (SSSR count). The summed E-state index contributed by atoms with van der Waals surface area (Å²) in [7, 11) is -3.42. The molecule has 1 aromatic rings. The quantitative estimate of drug-likeness (QED) is 0.801. The Morgan fingerprint density at radius 1 is 1.35 bits per heavy atom. The van der Waals surface area contributed by atoms with Crippen LogP contribution in [-0.2, 0) is 10.0 Å². The molecule has 1 aromatic carbocycles. The van der Waals surface area contributed by atoms with Crippen LogP contribution in [0, 0.1) is 19.8 Å². The Morgan fingerprint density at radius 3 is 2.59 bits per heavy atom. The van der Waals surface area contributed by atoms with Gasteiger partial charge in [-0.05, 0) is 55.9 Å². The number of nitrogens with two attached hydrogens (primary N) is 1. The molecule has 0 aliphatic heterocycles. The third kappa shape index (κ3) is 2.79. The van der Waals surface area contributed by atoms with Gasteiger partial charge in [-0.2, -0.15) is 0 Å². The normalized spacial score (nSPS) is 16.1. The lowest BCUT2D eigenvalue weighted by atomic mass is 10.1. The minimum absolute atomic E-state index is 0.302. The summed E-state index contributed by atoms with van der Waals surface area (Å²) < 4.78 is 26.9. The Balaban J connectivity index is 2.30. The second-order valence-electron chi connectivity index (χ2n) is 4.77. The van der Waals surface area contributed by atoms with Gasteiger partial charge in [0.1, 0.15) is 0 Å². The zero-order valence-corrected chi connectivity index (χ0v) is 11.0. The highest BCUT2D eigenvalue weighted by molar-refractivity contribution is 7.89. The Kier molecular flexibility index (Phi) is 3.14. The third-order valence-corrected chi connectivity index (χ3v) is 4.64. The first-order valence-electron chi connectivity index (χ1n) is 5.76. The molecule has 0 atom stereocenters. The fourth-order valence-corrected chi connectivity index (χ4v) is 3.23. The smallest absolute Gasteiger partial charge is 0.240 e. The number of nitrogen functional groups attached to an aromatic ring is 1. The molecule has 4 nitrogen and oxygen atoms in total. The molecule has 0 aromatic heterocycles. The van der Waals surface area contributed by atoms with Crippen LogP contribution in [0.5, 0.6) is 0 Å². The molecule has 1 aliphatic carbocycles. The SMILES string of the molecule is Cc1cc(N)c(C)c(S(=O)(=O)NCC2CC2)c1. The number of nitrogens with one attached hydrogen (secondary N) is 1. The van der Waals surface area contributed by atoms with Gasteiger partial charge in [-0.25, -0.2) is 13.1 Å². The fraction of sp³-hybridized carbons (Fsp3) is 0.500. The van der Waals surface area contributed by atoms with Crippen molar-refractivity contribution in [1.29, 1.82) is 0 Å². The Morgan fingerprint density at radius 2 is 2.00 bits per heavy atom. The predicted molar refractivity (Wildman–Crippen MR) is 68.2 cm³/mol. The van der Waals surface area contributed by atoms with Crippen molar-refractivity contribution in [3.63, 3.8) is 0 Å². The van der Waals surface area contributed by atoms with E-state index >= 15 is 0 Å². The maximum atomic E-state index is 12.1. The van der Waals surface area contributed by atoms with Gasteiger partial charge in [-0.1, -0.05) is 0 Å². The Labute approximate surface area is 102 Å². The minimum atomic E-state index is -3.42. The first-order valence-corrected chi connectivity index (χ1v) is 7.25. The molecule has 0 amide bonds. The van der Waals surface area contributed by atoms with E-state index in [0.717, 1.165) is 18.4 Å². The summed E-state index contributed by atoms with van der Waals surface area (Å²) in [6, 6.07) is 3.45. The molecule has 0 radical (unpaired) electrons. The number of anilines is 1. The largest absolute Gasteiger partial charge is 0.398 e. The Hall–Kier alpha value is -1.07. The summed E-state index contributed by atoms with van der Waals surface area (Å²) in [5, 5.41) is 0. The number of benzene rings is 1. The third-order valence-electron chi connectivity index (χ3n) is 3.09. The molecule has 1 fully saturated rings. The first-order chi connectivity index (χ1) is 7.90. The zero-order valence-electron chi connectivity index (χ0n) is 10.2. The molecule has 0 heterocycles. The van der Waals surface area contributed by atoms with E-state index in [1.165, 1.54) is 0 Å².